The van der Waals surface area contributed by atoms with Crippen molar-refractivity contribution in [1.29, 1.82) is 0 Å². The average molecular weight is 176 g/mol. The zero-order chi connectivity index (χ0) is 9.68. The van der Waals surface area contributed by atoms with Gasteiger partial charge in [-0.3, -0.25) is 9.78 Å². The number of ether oxygens (including phenoxy) is 1. The predicted octanol–water partition coefficient (Wildman–Crippen LogP) is 1.70. The third kappa shape index (κ3) is 2.91. The van der Waals surface area contributed by atoms with Crippen molar-refractivity contribution in [3.05, 3.63) is 35.4 Å². The SMILES string of the molecule is [C-]#[N+]c1ccc(COC(C)=O)nc1. The Hall–Kier alpha value is -1.89. The summed E-state index contributed by atoms with van der Waals surface area (Å²) < 4.78 is 4.72. The molecule has 0 atom stereocenters. The van der Waals surface area contributed by atoms with Crippen molar-refractivity contribution in [1.82, 2.24) is 4.98 Å². The molecule has 4 heteroatoms. The predicted molar refractivity (Wildman–Crippen MR) is 46.0 cm³/mol. The van der Waals surface area contributed by atoms with Gasteiger partial charge in [0.25, 0.3) is 0 Å². The lowest BCUT2D eigenvalue weighted by molar-refractivity contribution is -0.142. The minimum Gasteiger partial charge on any atom is -0.459 e. The molecule has 66 valence electrons. The fourth-order valence-electron chi connectivity index (χ4n) is 0.744. The molecule has 0 unspecified atom stereocenters. The Morgan fingerprint density at radius 1 is 1.69 bits per heavy atom. The van der Waals surface area contributed by atoms with Crippen molar-refractivity contribution in [2.75, 3.05) is 0 Å². The molecular formula is C9H8N2O2. The Labute approximate surface area is 76.0 Å². The van der Waals surface area contributed by atoms with Crippen LogP contribution in [0, 0.1) is 6.57 Å². The van der Waals surface area contributed by atoms with E-state index in [1.807, 2.05) is 0 Å². The number of pyridine rings is 1. The smallest absolute Gasteiger partial charge is 0.303 e. The zero-order valence-corrected chi connectivity index (χ0v) is 7.15. The number of hydrogen-bond acceptors (Lipinski definition) is 3. The first-order valence-corrected chi connectivity index (χ1v) is 3.68. The zero-order valence-electron chi connectivity index (χ0n) is 7.15. The topological polar surface area (TPSA) is 43.5 Å². The molecule has 0 N–H and O–H groups in total. The second-order valence-electron chi connectivity index (χ2n) is 2.40. The monoisotopic (exact) mass is 176 g/mol. The summed E-state index contributed by atoms with van der Waals surface area (Å²) in [5.41, 5.74) is 1.12. The van der Waals surface area contributed by atoms with Crippen LogP contribution < -0.4 is 0 Å². The molecule has 13 heavy (non-hydrogen) atoms. The molecule has 1 aromatic heterocycles. The normalized spacial score (nSPS) is 8.92. The van der Waals surface area contributed by atoms with E-state index in [9.17, 15) is 4.79 Å². The highest BCUT2D eigenvalue weighted by Gasteiger charge is 1.97. The first kappa shape index (κ1) is 9.20. The molecule has 0 saturated heterocycles. The molecule has 1 heterocycles. The molecule has 1 aromatic rings. The van der Waals surface area contributed by atoms with E-state index in [4.69, 9.17) is 11.3 Å². The van der Waals surface area contributed by atoms with E-state index in [0.29, 0.717) is 11.4 Å². The third-order valence-corrected chi connectivity index (χ3v) is 1.36. The summed E-state index contributed by atoms with van der Waals surface area (Å²) in [5.74, 6) is -0.337. The highest BCUT2D eigenvalue weighted by molar-refractivity contribution is 5.65. The van der Waals surface area contributed by atoms with E-state index in [-0.39, 0.29) is 12.6 Å². The van der Waals surface area contributed by atoms with Crippen molar-refractivity contribution < 1.29 is 9.53 Å². The molecule has 0 aliphatic heterocycles. The van der Waals surface area contributed by atoms with Gasteiger partial charge in [-0.2, -0.15) is 0 Å². The maximum Gasteiger partial charge on any atom is 0.303 e. The van der Waals surface area contributed by atoms with Crippen LogP contribution in [0.15, 0.2) is 18.3 Å². The molecule has 0 bridgehead atoms. The van der Waals surface area contributed by atoms with Crippen LogP contribution in [0.1, 0.15) is 12.6 Å². The van der Waals surface area contributed by atoms with Gasteiger partial charge in [0.1, 0.15) is 6.61 Å². The molecule has 0 amide bonds. The Morgan fingerprint density at radius 3 is 2.92 bits per heavy atom. The van der Waals surface area contributed by atoms with Gasteiger partial charge in [0.05, 0.1) is 12.3 Å². The van der Waals surface area contributed by atoms with Crippen molar-refractivity contribution in [2.45, 2.75) is 13.5 Å². The van der Waals surface area contributed by atoms with E-state index in [1.165, 1.54) is 13.1 Å². The summed E-state index contributed by atoms with van der Waals surface area (Å²) >= 11 is 0. The first-order valence-electron chi connectivity index (χ1n) is 3.68. The van der Waals surface area contributed by atoms with Gasteiger partial charge in [0.2, 0.25) is 5.69 Å². The number of esters is 1. The molecule has 0 aliphatic carbocycles. The Balaban J connectivity index is 2.60. The number of aromatic nitrogens is 1. The lowest BCUT2D eigenvalue weighted by Gasteiger charge is -2.00. The van der Waals surface area contributed by atoms with E-state index in [0.717, 1.165) is 0 Å². The van der Waals surface area contributed by atoms with Crippen molar-refractivity contribution in [2.24, 2.45) is 0 Å². The van der Waals surface area contributed by atoms with Gasteiger partial charge in [-0.1, -0.05) is 6.07 Å². The fraction of sp³-hybridized carbons (Fsp3) is 0.222. The van der Waals surface area contributed by atoms with E-state index < -0.39 is 0 Å². The van der Waals surface area contributed by atoms with Gasteiger partial charge in [-0.15, -0.1) is 0 Å². The number of carbonyl (C=O) groups excluding carboxylic acids is 1. The van der Waals surface area contributed by atoms with E-state index >= 15 is 0 Å². The molecule has 0 spiro atoms. The molecule has 0 fully saturated rings. The Bertz CT molecular complexity index is 338. The summed E-state index contributed by atoms with van der Waals surface area (Å²) in [6.07, 6.45) is 1.45. The second kappa shape index (κ2) is 4.21. The van der Waals surface area contributed by atoms with Crippen molar-refractivity contribution in [3.63, 3.8) is 0 Å². The number of rotatable bonds is 2. The van der Waals surface area contributed by atoms with Gasteiger partial charge in [0, 0.05) is 13.1 Å². The second-order valence-corrected chi connectivity index (χ2v) is 2.40. The number of carbonyl (C=O) groups is 1. The lowest BCUT2D eigenvalue weighted by Crippen LogP contribution is -1.99. The highest BCUT2D eigenvalue weighted by Crippen LogP contribution is 2.09. The summed E-state index contributed by atoms with van der Waals surface area (Å²) in [6.45, 7) is 8.19. The van der Waals surface area contributed by atoms with Crippen LogP contribution in [-0.4, -0.2) is 11.0 Å². The van der Waals surface area contributed by atoms with Gasteiger partial charge in [-0.05, 0) is 6.07 Å². The molecule has 0 radical (unpaired) electrons. The van der Waals surface area contributed by atoms with Crippen LogP contribution in [0.2, 0.25) is 0 Å². The molecular weight excluding hydrogens is 168 g/mol. The molecule has 0 saturated carbocycles. The van der Waals surface area contributed by atoms with Crippen LogP contribution in [0.3, 0.4) is 0 Å². The standard InChI is InChI=1S/C9H8N2O2/c1-7(12)13-6-9-4-3-8(10-2)5-11-9/h3-5H,6H2,1H3. The molecule has 0 aromatic carbocycles. The van der Waals surface area contributed by atoms with Gasteiger partial charge in [-0.25, -0.2) is 4.85 Å². The van der Waals surface area contributed by atoms with Crippen LogP contribution in [0.4, 0.5) is 5.69 Å². The summed E-state index contributed by atoms with van der Waals surface area (Å²) in [5, 5.41) is 0. The molecule has 1 rings (SSSR count). The quantitative estimate of drug-likeness (QED) is 0.508. The first-order chi connectivity index (χ1) is 6.22. The van der Waals surface area contributed by atoms with Crippen LogP contribution in [-0.2, 0) is 16.1 Å². The van der Waals surface area contributed by atoms with E-state index in [1.54, 1.807) is 12.1 Å². The van der Waals surface area contributed by atoms with Gasteiger partial charge < -0.3 is 4.74 Å². The Morgan fingerprint density at radius 2 is 2.46 bits per heavy atom. The minimum absolute atomic E-state index is 0.160. The fourth-order valence-corrected chi connectivity index (χ4v) is 0.744. The van der Waals surface area contributed by atoms with Crippen LogP contribution in [0.5, 0.6) is 0 Å². The maximum absolute atomic E-state index is 10.4. The maximum atomic E-state index is 10.4. The minimum atomic E-state index is -0.337. The number of nitrogens with zero attached hydrogens (tertiary/aromatic N) is 2. The summed E-state index contributed by atoms with van der Waals surface area (Å²) in [4.78, 5) is 17.6. The van der Waals surface area contributed by atoms with Gasteiger partial charge >= 0.3 is 5.97 Å². The van der Waals surface area contributed by atoms with Crippen molar-refractivity contribution >= 4 is 11.7 Å². The van der Waals surface area contributed by atoms with E-state index in [2.05, 4.69) is 9.83 Å². The molecule has 0 aliphatic rings. The van der Waals surface area contributed by atoms with Gasteiger partial charge in [0.15, 0.2) is 0 Å². The number of hydrogen-bond donors (Lipinski definition) is 0. The Kier molecular flexibility index (Phi) is 2.98. The average Bonchev–Trinajstić information content (AvgIpc) is 2.15. The third-order valence-electron chi connectivity index (χ3n) is 1.36. The van der Waals surface area contributed by atoms with Crippen LogP contribution in [0.25, 0.3) is 4.85 Å². The van der Waals surface area contributed by atoms with Crippen LogP contribution >= 0.6 is 0 Å². The van der Waals surface area contributed by atoms with Crippen molar-refractivity contribution in [3.8, 4) is 0 Å². The summed E-state index contributed by atoms with van der Waals surface area (Å²) in [6, 6.07) is 3.30. The molecule has 4 nitrogen and oxygen atoms in total. The largest absolute Gasteiger partial charge is 0.459 e. The highest BCUT2D eigenvalue weighted by atomic mass is 16.5. The lowest BCUT2D eigenvalue weighted by atomic mass is 10.3. The summed E-state index contributed by atoms with van der Waals surface area (Å²) in [7, 11) is 0.